The van der Waals surface area contributed by atoms with Gasteiger partial charge in [0.2, 0.25) is 11.8 Å². The number of ketones is 1. The molecule has 0 aliphatic rings. The summed E-state index contributed by atoms with van der Waals surface area (Å²) < 4.78 is 0. The SMILES string of the molecule is CC.CCC(=O)CNC(=O)CNC(=O)C(NC(C)C)C(C)C.CCCCN. The lowest BCUT2D eigenvalue weighted by Crippen LogP contribution is -2.51. The molecule has 5 N–H and O–H groups in total. The van der Waals surface area contributed by atoms with Gasteiger partial charge in [-0.1, -0.05) is 61.8 Å². The molecule has 0 fully saturated rings. The van der Waals surface area contributed by atoms with Gasteiger partial charge in [0, 0.05) is 12.5 Å². The van der Waals surface area contributed by atoms with Gasteiger partial charge in [-0.15, -0.1) is 0 Å². The number of nitrogens with two attached hydrogens (primary N) is 1. The predicted octanol–water partition coefficient (Wildman–Crippen LogP) is 1.99. The topological polar surface area (TPSA) is 113 Å². The van der Waals surface area contributed by atoms with E-state index in [9.17, 15) is 14.4 Å². The number of rotatable bonds is 11. The van der Waals surface area contributed by atoms with Crippen molar-refractivity contribution < 1.29 is 14.4 Å². The molecule has 7 nitrogen and oxygen atoms in total. The van der Waals surface area contributed by atoms with E-state index < -0.39 is 0 Å². The smallest absolute Gasteiger partial charge is 0.239 e. The standard InChI is InChI=1S/C14H27N3O3.C4H11N.C2H6/c1-6-11(18)7-15-12(19)8-16-14(20)13(9(2)3)17-10(4)5;1-2-3-4-5;1-2/h9-10,13,17H,6-8H2,1-5H3,(H,15,19)(H,16,20);2-5H2,1H3;1-2H3. The average molecular weight is 389 g/mol. The first-order valence-corrected chi connectivity index (χ1v) is 10.2. The summed E-state index contributed by atoms with van der Waals surface area (Å²) in [6.45, 7) is 16.4. The molecular formula is C20H44N4O3. The van der Waals surface area contributed by atoms with E-state index in [0.717, 1.165) is 6.54 Å². The van der Waals surface area contributed by atoms with Gasteiger partial charge in [0.05, 0.1) is 19.1 Å². The number of amides is 2. The highest BCUT2D eigenvalue weighted by atomic mass is 16.2. The van der Waals surface area contributed by atoms with E-state index in [4.69, 9.17) is 5.73 Å². The summed E-state index contributed by atoms with van der Waals surface area (Å²) in [7, 11) is 0. The summed E-state index contributed by atoms with van der Waals surface area (Å²) in [5, 5.41) is 8.22. The molecule has 0 aromatic heterocycles. The zero-order valence-electron chi connectivity index (χ0n) is 18.8. The molecule has 0 aromatic carbocycles. The molecule has 0 aliphatic heterocycles. The van der Waals surface area contributed by atoms with E-state index in [1.54, 1.807) is 6.92 Å². The maximum Gasteiger partial charge on any atom is 0.239 e. The fourth-order valence-corrected chi connectivity index (χ4v) is 1.80. The Morgan fingerprint density at radius 1 is 0.926 bits per heavy atom. The quantitative estimate of drug-likeness (QED) is 0.432. The van der Waals surface area contributed by atoms with Crippen molar-refractivity contribution in [2.24, 2.45) is 11.7 Å². The lowest BCUT2D eigenvalue weighted by Gasteiger charge is -2.23. The van der Waals surface area contributed by atoms with E-state index in [1.165, 1.54) is 12.8 Å². The van der Waals surface area contributed by atoms with Gasteiger partial charge in [0.25, 0.3) is 0 Å². The van der Waals surface area contributed by atoms with E-state index in [-0.39, 0.29) is 48.7 Å². The fourth-order valence-electron chi connectivity index (χ4n) is 1.80. The van der Waals surface area contributed by atoms with Gasteiger partial charge in [-0.05, 0) is 18.9 Å². The molecule has 0 aliphatic carbocycles. The molecule has 0 bridgehead atoms. The first-order valence-electron chi connectivity index (χ1n) is 10.2. The maximum absolute atomic E-state index is 12.0. The summed E-state index contributed by atoms with van der Waals surface area (Å²) in [6.07, 6.45) is 2.77. The van der Waals surface area contributed by atoms with Crippen LogP contribution in [0.2, 0.25) is 0 Å². The van der Waals surface area contributed by atoms with Crippen LogP contribution >= 0.6 is 0 Å². The second-order valence-electron chi connectivity index (χ2n) is 6.57. The fraction of sp³-hybridized carbons (Fsp3) is 0.850. The van der Waals surface area contributed by atoms with Crippen LogP contribution in [0.4, 0.5) is 0 Å². The van der Waals surface area contributed by atoms with Gasteiger partial charge in [-0.2, -0.15) is 0 Å². The molecule has 0 spiro atoms. The van der Waals surface area contributed by atoms with Crippen LogP contribution in [0.25, 0.3) is 0 Å². The van der Waals surface area contributed by atoms with Crippen molar-refractivity contribution in [3.63, 3.8) is 0 Å². The third kappa shape index (κ3) is 20.7. The second kappa shape index (κ2) is 20.8. The summed E-state index contributed by atoms with van der Waals surface area (Å²) in [4.78, 5) is 34.5. The highest BCUT2D eigenvalue weighted by Gasteiger charge is 2.22. The minimum Gasteiger partial charge on any atom is -0.347 e. The molecule has 0 rings (SSSR count). The minimum absolute atomic E-state index is 0.0169. The Bertz CT molecular complexity index is 383. The second-order valence-corrected chi connectivity index (χ2v) is 6.57. The van der Waals surface area contributed by atoms with Crippen molar-refractivity contribution in [1.82, 2.24) is 16.0 Å². The zero-order valence-corrected chi connectivity index (χ0v) is 18.8. The van der Waals surface area contributed by atoms with E-state index in [1.807, 2.05) is 41.5 Å². The summed E-state index contributed by atoms with van der Waals surface area (Å²) in [5.74, 6) is -0.466. The Morgan fingerprint density at radius 3 is 1.81 bits per heavy atom. The predicted molar refractivity (Wildman–Crippen MR) is 114 cm³/mol. The minimum atomic E-state index is -0.354. The largest absolute Gasteiger partial charge is 0.347 e. The summed E-state index contributed by atoms with van der Waals surface area (Å²) >= 11 is 0. The number of hydrogen-bond acceptors (Lipinski definition) is 5. The molecule has 0 aromatic rings. The van der Waals surface area contributed by atoms with Crippen molar-refractivity contribution >= 4 is 17.6 Å². The summed E-state index contributed by atoms with van der Waals surface area (Å²) in [5.41, 5.74) is 5.14. The lowest BCUT2D eigenvalue weighted by molar-refractivity contribution is -0.128. The van der Waals surface area contributed by atoms with Crippen molar-refractivity contribution in [2.75, 3.05) is 19.6 Å². The number of Topliss-reactive ketones (excluding diaryl/α,β-unsaturated/α-hetero) is 1. The molecule has 162 valence electrons. The van der Waals surface area contributed by atoms with Crippen LogP contribution in [0, 0.1) is 5.92 Å². The molecular weight excluding hydrogens is 344 g/mol. The molecule has 2 amide bonds. The Hall–Kier alpha value is -1.47. The van der Waals surface area contributed by atoms with E-state index >= 15 is 0 Å². The Kier molecular flexibility index (Phi) is 23.4. The number of nitrogens with one attached hydrogen (secondary N) is 3. The molecule has 0 radical (unpaired) electrons. The molecule has 0 saturated carbocycles. The van der Waals surface area contributed by atoms with Crippen molar-refractivity contribution in [1.29, 1.82) is 0 Å². The van der Waals surface area contributed by atoms with Crippen LogP contribution in [0.15, 0.2) is 0 Å². The highest BCUT2D eigenvalue weighted by Crippen LogP contribution is 2.02. The van der Waals surface area contributed by atoms with Crippen LogP contribution in [-0.4, -0.2) is 49.3 Å². The monoisotopic (exact) mass is 388 g/mol. The van der Waals surface area contributed by atoms with Gasteiger partial charge < -0.3 is 21.7 Å². The molecule has 1 unspecified atom stereocenters. The van der Waals surface area contributed by atoms with E-state index in [0.29, 0.717) is 6.42 Å². The number of unbranched alkanes of at least 4 members (excludes halogenated alkanes) is 1. The molecule has 1 atom stereocenters. The van der Waals surface area contributed by atoms with Gasteiger partial charge in [0.1, 0.15) is 0 Å². The lowest BCUT2D eigenvalue weighted by atomic mass is 10.0. The Labute approximate surface area is 166 Å². The van der Waals surface area contributed by atoms with Gasteiger partial charge in [-0.25, -0.2) is 0 Å². The van der Waals surface area contributed by atoms with Crippen LogP contribution < -0.4 is 21.7 Å². The van der Waals surface area contributed by atoms with Crippen molar-refractivity contribution in [3.8, 4) is 0 Å². The average Bonchev–Trinajstić information content (AvgIpc) is 2.64. The van der Waals surface area contributed by atoms with E-state index in [2.05, 4.69) is 22.9 Å². The Balaban J connectivity index is -0.000000705. The zero-order chi connectivity index (χ0) is 21.8. The molecule has 7 heteroatoms. The van der Waals surface area contributed by atoms with Crippen LogP contribution in [0.5, 0.6) is 0 Å². The maximum atomic E-state index is 12.0. The van der Waals surface area contributed by atoms with Crippen LogP contribution in [0.3, 0.4) is 0 Å². The van der Waals surface area contributed by atoms with Crippen LogP contribution in [0.1, 0.15) is 74.7 Å². The molecule has 27 heavy (non-hydrogen) atoms. The molecule has 0 heterocycles. The third-order valence-corrected chi connectivity index (χ3v) is 3.32. The van der Waals surface area contributed by atoms with Crippen LogP contribution in [-0.2, 0) is 14.4 Å². The first-order chi connectivity index (χ1) is 12.7. The highest BCUT2D eigenvalue weighted by molar-refractivity contribution is 5.90. The number of carbonyl (C=O) groups is 3. The van der Waals surface area contributed by atoms with Gasteiger partial charge >= 0.3 is 0 Å². The number of carbonyl (C=O) groups excluding carboxylic acids is 3. The Morgan fingerprint density at radius 2 is 1.48 bits per heavy atom. The normalized spacial score (nSPS) is 10.9. The third-order valence-electron chi connectivity index (χ3n) is 3.32. The van der Waals surface area contributed by atoms with Gasteiger partial charge in [0.15, 0.2) is 5.78 Å². The van der Waals surface area contributed by atoms with Crippen molar-refractivity contribution in [2.45, 2.75) is 86.7 Å². The number of hydrogen-bond donors (Lipinski definition) is 4. The van der Waals surface area contributed by atoms with Crippen molar-refractivity contribution in [3.05, 3.63) is 0 Å². The van der Waals surface area contributed by atoms with Gasteiger partial charge in [-0.3, -0.25) is 14.4 Å². The molecule has 0 saturated heterocycles. The summed E-state index contributed by atoms with van der Waals surface area (Å²) in [6, 6.07) is -0.149. The first kappa shape index (κ1) is 30.3.